The van der Waals surface area contributed by atoms with Crippen LogP contribution in [0.1, 0.15) is 58.3 Å². The second-order valence-corrected chi connectivity index (χ2v) is 4.46. The number of carbonyl (C=O) groups is 1. The molecule has 116 valence electrons. The van der Waals surface area contributed by atoms with E-state index in [1.54, 1.807) is 0 Å². The van der Waals surface area contributed by atoms with Gasteiger partial charge in [0.05, 0.1) is 13.2 Å². The smallest absolute Gasteiger partial charge is 0.305 e. The minimum absolute atomic E-state index is 0.137. The molecule has 0 aliphatic rings. The maximum absolute atomic E-state index is 11.3. The van der Waals surface area contributed by atoms with E-state index in [9.17, 15) is 14.9 Å². The number of nitrogens with zero attached hydrogens (tertiary/aromatic N) is 1. The van der Waals surface area contributed by atoms with Gasteiger partial charge in [0.15, 0.2) is 0 Å². The molecule has 0 saturated carbocycles. The summed E-state index contributed by atoms with van der Waals surface area (Å²) in [6.45, 7) is 2.64. The van der Waals surface area contributed by atoms with Crippen molar-refractivity contribution in [3.05, 3.63) is 22.3 Å². The first-order valence-corrected chi connectivity index (χ1v) is 7.24. The molecule has 0 heterocycles. The Kier molecular flexibility index (Phi) is 12.7. The van der Waals surface area contributed by atoms with E-state index >= 15 is 0 Å². The molecule has 0 atom stereocenters. The molecule has 0 fully saturated rings. The van der Waals surface area contributed by atoms with Crippen LogP contribution in [0.5, 0.6) is 0 Å². The zero-order valence-corrected chi connectivity index (χ0v) is 12.2. The van der Waals surface area contributed by atoms with Crippen LogP contribution in [0.2, 0.25) is 0 Å². The number of hydrogen-bond acceptors (Lipinski definition) is 5. The van der Waals surface area contributed by atoms with Crippen molar-refractivity contribution >= 4 is 5.97 Å². The Labute approximate surface area is 120 Å². The third-order valence-corrected chi connectivity index (χ3v) is 2.65. The van der Waals surface area contributed by atoms with Crippen LogP contribution in [0.4, 0.5) is 0 Å². The van der Waals surface area contributed by atoms with Crippen LogP contribution in [0, 0.1) is 10.1 Å². The fourth-order valence-corrected chi connectivity index (χ4v) is 1.60. The molecule has 0 amide bonds. The van der Waals surface area contributed by atoms with Crippen LogP contribution in [-0.2, 0) is 14.4 Å². The Balaban J connectivity index is 3.23. The van der Waals surface area contributed by atoms with E-state index in [1.165, 1.54) is 0 Å². The van der Waals surface area contributed by atoms with E-state index in [2.05, 4.69) is 23.9 Å². The SMILES string of the molecule is CC/C=C\CCCC(=O)OCCCCCCO[N+](=O)[O-]. The van der Waals surface area contributed by atoms with Gasteiger partial charge in [-0.05, 0) is 38.5 Å². The number of allylic oxidation sites excluding steroid dienone is 2. The molecule has 0 saturated heterocycles. The molecule has 0 bridgehead atoms. The number of carbonyl (C=O) groups excluding carboxylic acids is 1. The summed E-state index contributed by atoms with van der Waals surface area (Å²) >= 11 is 0. The molecule has 0 rings (SSSR count). The number of rotatable bonds is 13. The van der Waals surface area contributed by atoms with Crippen molar-refractivity contribution in [1.82, 2.24) is 0 Å². The largest absolute Gasteiger partial charge is 0.466 e. The first-order chi connectivity index (χ1) is 9.66. The van der Waals surface area contributed by atoms with Crippen molar-refractivity contribution < 1.29 is 19.5 Å². The minimum atomic E-state index is -0.780. The van der Waals surface area contributed by atoms with Crippen LogP contribution in [0.3, 0.4) is 0 Å². The molecule has 0 radical (unpaired) electrons. The Bertz CT molecular complexity index is 291. The summed E-state index contributed by atoms with van der Waals surface area (Å²) in [5.74, 6) is -0.147. The summed E-state index contributed by atoms with van der Waals surface area (Å²) in [6, 6.07) is 0. The van der Waals surface area contributed by atoms with Gasteiger partial charge >= 0.3 is 5.97 Å². The van der Waals surface area contributed by atoms with Gasteiger partial charge in [0.2, 0.25) is 0 Å². The summed E-state index contributed by atoms with van der Waals surface area (Å²) in [5.41, 5.74) is 0. The van der Waals surface area contributed by atoms with Gasteiger partial charge in [-0.3, -0.25) is 4.79 Å². The quantitative estimate of drug-likeness (QED) is 0.170. The molecule has 0 aliphatic heterocycles. The first kappa shape index (κ1) is 18.4. The standard InChI is InChI=1S/C14H25NO5/c1-2-3-4-5-8-11-14(16)19-12-9-6-7-10-13-20-15(17)18/h3-4H,2,5-13H2,1H3/b4-3-. The normalized spacial score (nSPS) is 10.7. The molecule has 6 heteroatoms. The molecule has 0 aliphatic carbocycles. The number of ether oxygens (including phenoxy) is 1. The predicted molar refractivity (Wildman–Crippen MR) is 75.7 cm³/mol. The summed E-state index contributed by atoms with van der Waals surface area (Å²) in [4.78, 5) is 25.4. The lowest BCUT2D eigenvalue weighted by molar-refractivity contribution is -0.757. The second kappa shape index (κ2) is 13.8. The van der Waals surface area contributed by atoms with Crippen LogP contribution >= 0.6 is 0 Å². The van der Waals surface area contributed by atoms with E-state index in [0.717, 1.165) is 38.5 Å². The van der Waals surface area contributed by atoms with Gasteiger partial charge < -0.3 is 9.57 Å². The monoisotopic (exact) mass is 287 g/mol. The van der Waals surface area contributed by atoms with Gasteiger partial charge in [0, 0.05) is 6.42 Å². The summed E-state index contributed by atoms with van der Waals surface area (Å²) < 4.78 is 5.09. The van der Waals surface area contributed by atoms with Crippen molar-refractivity contribution in [2.75, 3.05) is 13.2 Å². The lowest BCUT2D eigenvalue weighted by Gasteiger charge is -2.04. The molecule has 0 N–H and O–H groups in total. The molecule has 20 heavy (non-hydrogen) atoms. The van der Waals surface area contributed by atoms with Crippen molar-refractivity contribution in [3.63, 3.8) is 0 Å². The fraction of sp³-hybridized carbons (Fsp3) is 0.786. The van der Waals surface area contributed by atoms with E-state index in [0.29, 0.717) is 19.4 Å². The second-order valence-electron chi connectivity index (χ2n) is 4.46. The van der Waals surface area contributed by atoms with Crippen molar-refractivity contribution in [2.24, 2.45) is 0 Å². The average molecular weight is 287 g/mol. The van der Waals surface area contributed by atoms with Gasteiger partial charge in [-0.25, -0.2) is 0 Å². The molecule has 0 aromatic rings. The number of unbranched alkanes of at least 4 members (excludes halogenated alkanes) is 4. The first-order valence-electron chi connectivity index (χ1n) is 7.24. The molecule has 0 unspecified atom stereocenters. The van der Waals surface area contributed by atoms with Crippen molar-refractivity contribution in [2.45, 2.75) is 58.3 Å². The van der Waals surface area contributed by atoms with Crippen LogP contribution in [-0.4, -0.2) is 24.3 Å². The van der Waals surface area contributed by atoms with Crippen molar-refractivity contribution in [1.29, 1.82) is 0 Å². The highest BCUT2D eigenvalue weighted by atomic mass is 16.9. The lowest BCUT2D eigenvalue weighted by Crippen LogP contribution is -2.06. The van der Waals surface area contributed by atoms with Gasteiger partial charge in [0.1, 0.15) is 0 Å². The summed E-state index contributed by atoms with van der Waals surface area (Å²) in [6.07, 6.45) is 10.6. The highest BCUT2D eigenvalue weighted by Crippen LogP contribution is 2.03. The Hall–Kier alpha value is -1.59. The van der Waals surface area contributed by atoms with Crippen LogP contribution in [0.15, 0.2) is 12.2 Å². The van der Waals surface area contributed by atoms with Gasteiger partial charge in [-0.15, -0.1) is 10.1 Å². The number of hydrogen-bond donors (Lipinski definition) is 0. The highest BCUT2D eigenvalue weighted by molar-refractivity contribution is 5.69. The Morgan fingerprint density at radius 1 is 1.10 bits per heavy atom. The van der Waals surface area contributed by atoms with E-state index in [4.69, 9.17) is 4.74 Å². The van der Waals surface area contributed by atoms with Gasteiger partial charge in [0.25, 0.3) is 5.09 Å². The predicted octanol–water partition coefficient (Wildman–Crippen LogP) is 3.43. The van der Waals surface area contributed by atoms with Crippen LogP contribution in [0.25, 0.3) is 0 Å². The Morgan fingerprint density at radius 2 is 1.80 bits per heavy atom. The zero-order valence-electron chi connectivity index (χ0n) is 12.2. The van der Waals surface area contributed by atoms with Gasteiger partial charge in [-0.2, -0.15) is 0 Å². The maximum Gasteiger partial charge on any atom is 0.305 e. The number of esters is 1. The molecule has 0 spiro atoms. The topological polar surface area (TPSA) is 78.7 Å². The maximum atomic E-state index is 11.3. The van der Waals surface area contributed by atoms with E-state index in [1.807, 2.05) is 0 Å². The average Bonchev–Trinajstić information content (AvgIpc) is 2.41. The molecule has 6 nitrogen and oxygen atoms in total. The summed E-state index contributed by atoms with van der Waals surface area (Å²) in [5, 5.41) is 9.10. The van der Waals surface area contributed by atoms with Crippen LogP contribution < -0.4 is 0 Å². The highest BCUT2D eigenvalue weighted by Gasteiger charge is 2.01. The molecular formula is C14H25NO5. The molecular weight excluding hydrogens is 262 g/mol. The van der Waals surface area contributed by atoms with E-state index < -0.39 is 5.09 Å². The fourth-order valence-electron chi connectivity index (χ4n) is 1.60. The third-order valence-electron chi connectivity index (χ3n) is 2.65. The third kappa shape index (κ3) is 14.5. The van der Waals surface area contributed by atoms with E-state index in [-0.39, 0.29) is 12.6 Å². The Morgan fingerprint density at radius 3 is 2.45 bits per heavy atom. The minimum Gasteiger partial charge on any atom is -0.466 e. The van der Waals surface area contributed by atoms with Gasteiger partial charge in [-0.1, -0.05) is 25.5 Å². The molecule has 0 aromatic heterocycles. The summed E-state index contributed by atoms with van der Waals surface area (Å²) in [7, 11) is 0. The lowest BCUT2D eigenvalue weighted by atomic mass is 10.2. The van der Waals surface area contributed by atoms with Crippen molar-refractivity contribution in [3.8, 4) is 0 Å². The molecule has 0 aromatic carbocycles. The zero-order chi connectivity index (χ0) is 15.1.